The molecule has 0 bridgehead atoms. The Morgan fingerprint density at radius 1 is 0.842 bits per heavy atom. The van der Waals surface area contributed by atoms with E-state index in [1.54, 1.807) is 11.1 Å². The summed E-state index contributed by atoms with van der Waals surface area (Å²) in [6, 6.07) is 14.9. The predicted octanol–water partition coefficient (Wildman–Crippen LogP) is 4.12. The lowest BCUT2D eigenvalue weighted by molar-refractivity contribution is 0.693. The minimum absolute atomic E-state index is 0.794. The summed E-state index contributed by atoms with van der Waals surface area (Å²) in [5.41, 5.74) is 5.74. The molecular weight excluding hydrogens is 254 g/mol. The van der Waals surface area contributed by atoms with Crippen LogP contribution in [0, 0.1) is 0 Å². The van der Waals surface area contributed by atoms with E-state index in [0.717, 1.165) is 18.1 Å². The van der Waals surface area contributed by atoms with Gasteiger partial charge in [0, 0.05) is 18.1 Å². The average molecular weight is 272 g/mol. The lowest BCUT2D eigenvalue weighted by Crippen LogP contribution is -2.12. The van der Waals surface area contributed by atoms with Crippen LogP contribution in [0.1, 0.15) is 28.7 Å². The average Bonchev–Trinajstić information content (AvgIpc) is 2.88. The van der Waals surface area contributed by atoms with Crippen molar-refractivity contribution in [2.24, 2.45) is 0 Å². The molecule has 19 heavy (non-hydrogen) atoms. The maximum absolute atomic E-state index is 5.88. The van der Waals surface area contributed by atoms with Crippen LogP contribution in [0.5, 0.6) is 0 Å². The van der Waals surface area contributed by atoms with E-state index in [1.165, 1.54) is 30.4 Å². The Balaban J connectivity index is 1.56. The van der Waals surface area contributed by atoms with Crippen molar-refractivity contribution in [1.29, 1.82) is 0 Å². The number of fused-ring (bicyclic) bond motifs is 1. The highest BCUT2D eigenvalue weighted by molar-refractivity contribution is 6.30. The fraction of sp³-hybridized carbons (Fsp3) is 0.294. The van der Waals surface area contributed by atoms with Gasteiger partial charge in [0.2, 0.25) is 0 Å². The predicted molar refractivity (Wildman–Crippen MR) is 80.5 cm³/mol. The lowest BCUT2D eigenvalue weighted by Gasteiger charge is -2.07. The van der Waals surface area contributed by atoms with Crippen molar-refractivity contribution in [3.63, 3.8) is 0 Å². The highest BCUT2D eigenvalue weighted by Crippen LogP contribution is 2.22. The molecule has 2 aromatic rings. The van der Waals surface area contributed by atoms with Crippen molar-refractivity contribution >= 4 is 11.6 Å². The number of halogens is 1. The smallest absolute Gasteiger partial charge is 0.0406 e. The summed E-state index contributed by atoms with van der Waals surface area (Å²) in [5, 5.41) is 4.28. The zero-order valence-corrected chi connectivity index (χ0v) is 11.7. The number of hydrogen-bond acceptors (Lipinski definition) is 1. The number of benzene rings is 2. The topological polar surface area (TPSA) is 12.0 Å². The van der Waals surface area contributed by atoms with Crippen LogP contribution in [0.4, 0.5) is 0 Å². The van der Waals surface area contributed by atoms with Crippen LogP contribution in [-0.2, 0) is 25.9 Å². The van der Waals surface area contributed by atoms with Gasteiger partial charge in [-0.05, 0) is 53.6 Å². The van der Waals surface area contributed by atoms with Crippen LogP contribution >= 0.6 is 11.6 Å². The van der Waals surface area contributed by atoms with E-state index in [1.807, 2.05) is 12.1 Å². The van der Waals surface area contributed by atoms with Crippen LogP contribution in [0.2, 0.25) is 5.02 Å². The van der Waals surface area contributed by atoms with Gasteiger partial charge in [0.25, 0.3) is 0 Å². The molecule has 1 aliphatic rings. The van der Waals surface area contributed by atoms with Gasteiger partial charge >= 0.3 is 0 Å². The molecule has 0 unspecified atom stereocenters. The Hall–Kier alpha value is -1.31. The van der Waals surface area contributed by atoms with Crippen molar-refractivity contribution in [1.82, 2.24) is 5.32 Å². The second kappa shape index (κ2) is 5.77. The molecule has 0 spiro atoms. The zero-order chi connectivity index (χ0) is 13.1. The largest absolute Gasteiger partial charge is 0.309 e. The third-order valence-corrected chi connectivity index (χ3v) is 3.99. The second-order valence-electron chi connectivity index (χ2n) is 5.19. The van der Waals surface area contributed by atoms with Crippen molar-refractivity contribution in [2.75, 3.05) is 0 Å². The minimum Gasteiger partial charge on any atom is -0.309 e. The van der Waals surface area contributed by atoms with Gasteiger partial charge in [-0.3, -0.25) is 0 Å². The van der Waals surface area contributed by atoms with E-state index in [9.17, 15) is 0 Å². The van der Waals surface area contributed by atoms with Gasteiger partial charge in [-0.1, -0.05) is 41.9 Å². The summed E-state index contributed by atoms with van der Waals surface area (Å²) in [4.78, 5) is 0. The fourth-order valence-electron chi connectivity index (χ4n) is 2.69. The van der Waals surface area contributed by atoms with Gasteiger partial charge in [0.15, 0.2) is 0 Å². The van der Waals surface area contributed by atoms with E-state index >= 15 is 0 Å². The molecule has 1 aliphatic carbocycles. The molecule has 0 aliphatic heterocycles. The number of rotatable bonds is 4. The molecule has 2 aromatic carbocycles. The standard InChI is InChI=1S/C17H18ClN/c18-17-8-5-13(6-9-17)11-19-12-14-4-7-15-2-1-3-16(15)10-14/h4-10,19H,1-3,11-12H2. The minimum atomic E-state index is 0.794. The van der Waals surface area contributed by atoms with E-state index in [0.29, 0.717) is 0 Å². The summed E-state index contributed by atoms with van der Waals surface area (Å²) < 4.78 is 0. The summed E-state index contributed by atoms with van der Waals surface area (Å²) >= 11 is 5.88. The summed E-state index contributed by atoms with van der Waals surface area (Å²) in [5.74, 6) is 0. The second-order valence-corrected chi connectivity index (χ2v) is 5.62. The highest BCUT2D eigenvalue weighted by Gasteiger charge is 2.10. The molecule has 3 rings (SSSR count). The SMILES string of the molecule is Clc1ccc(CNCc2ccc3c(c2)CCC3)cc1. The Kier molecular flexibility index (Phi) is 3.86. The third kappa shape index (κ3) is 3.17. The molecule has 0 amide bonds. The molecule has 0 atom stereocenters. The van der Waals surface area contributed by atoms with Gasteiger partial charge in [-0.2, -0.15) is 0 Å². The Bertz CT molecular complexity index is 560. The monoisotopic (exact) mass is 271 g/mol. The van der Waals surface area contributed by atoms with Crippen LogP contribution in [0.25, 0.3) is 0 Å². The molecule has 0 radical (unpaired) electrons. The molecule has 0 fully saturated rings. The van der Waals surface area contributed by atoms with Gasteiger partial charge in [0.1, 0.15) is 0 Å². The summed E-state index contributed by atoms with van der Waals surface area (Å²) in [6.07, 6.45) is 3.82. The summed E-state index contributed by atoms with van der Waals surface area (Å²) in [6.45, 7) is 1.81. The molecule has 0 aromatic heterocycles. The molecule has 2 heteroatoms. The maximum atomic E-state index is 5.88. The maximum Gasteiger partial charge on any atom is 0.0406 e. The molecule has 0 saturated heterocycles. The van der Waals surface area contributed by atoms with Crippen LogP contribution in [0.3, 0.4) is 0 Å². The zero-order valence-electron chi connectivity index (χ0n) is 11.0. The molecular formula is C17H18ClN. The van der Waals surface area contributed by atoms with E-state index in [4.69, 9.17) is 11.6 Å². The van der Waals surface area contributed by atoms with Gasteiger partial charge in [0.05, 0.1) is 0 Å². The first-order valence-corrected chi connectivity index (χ1v) is 7.25. The number of hydrogen-bond donors (Lipinski definition) is 1. The van der Waals surface area contributed by atoms with Crippen molar-refractivity contribution in [2.45, 2.75) is 32.4 Å². The van der Waals surface area contributed by atoms with E-state index in [2.05, 4.69) is 35.6 Å². The van der Waals surface area contributed by atoms with Crippen LogP contribution in [0.15, 0.2) is 42.5 Å². The van der Waals surface area contributed by atoms with Crippen molar-refractivity contribution in [3.8, 4) is 0 Å². The molecule has 98 valence electrons. The van der Waals surface area contributed by atoms with Crippen molar-refractivity contribution in [3.05, 3.63) is 69.7 Å². The third-order valence-electron chi connectivity index (χ3n) is 3.73. The first kappa shape index (κ1) is 12.7. The fourth-order valence-corrected chi connectivity index (χ4v) is 2.81. The van der Waals surface area contributed by atoms with E-state index < -0.39 is 0 Å². The lowest BCUT2D eigenvalue weighted by atomic mass is 10.1. The van der Waals surface area contributed by atoms with E-state index in [-0.39, 0.29) is 0 Å². The molecule has 0 saturated carbocycles. The number of aryl methyl sites for hydroxylation is 2. The molecule has 1 nitrogen and oxygen atoms in total. The Morgan fingerprint density at radius 2 is 1.53 bits per heavy atom. The van der Waals surface area contributed by atoms with Crippen molar-refractivity contribution < 1.29 is 0 Å². The van der Waals surface area contributed by atoms with Crippen LogP contribution in [-0.4, -0.2) is 0 Å². The van der Waals surface area contributed by atoms with Gasteiger partial charge < -0.3 is 5.32 Å². The first-order chi connectivity index (χ1) is 9.31. The summed E-state index contributed by atoms with van der Waals surface area (Å²) in [7, 11) is 0. The van der Waals surface area contributed by atoms with Gasteiger partial charge in [-0.25, -0.2) is 0 Å². The highest BCUT2D eigenvalue weighted by atomic mass is 35.5. The Labute approximate surface area is 119 Å². The van der Waals surface area contributed by atoms with Gasteiger partial charge in [-0.15, -0.1) is 0 Å². The normalized spacial score (nSPS) is 13.5. The molecule has 1 N–H and O–H groups in total. The quantitative estimate of drug-likeness (QED) is 0.882. The molecule has 0 heterocycles. The number of nitrogens with one attached hydrogen (secondary N) is 1. The van der Waals surface area contributed by atoms with Crippen LogP contribution < -0.4 is 5.32 Å². The first-order valence-electron chi connectivity index (χ1n) is 6.87. The Morgan fingerprint density at radius 3 is 2.37 bits per heavy atom.